The highest BCUT2D eigenvalue weighted by molar-refractivity contribution is 6.13. The third-order valence-electron chi connectivity index (χ3n) is 6.00. The van der Waals surface area contributed by atoms with E-state index >= 15 is 0 Å². The predicted octanol–water partition coefficient (Wildman–Crippen LogP) is 4.07. The van der Waals surface area contributed by atoms with Gasteiger partial charge in [0.1, 0.15) is 17.7 Å². The van der Waals surface area contributed by atoms with Crippen LogP contribution in [0, 0.1) is 23.1 Å². The fourth-order valence-electron chi connectivity index (χ4n) is 4.61. The summed E-state index contributed by atoms with van der Waals surface area (Å²) in [6.07, 6.45) is 4.11. The van der Waals surface area contributed by atoms with E-state index in [4.69, 9.17) is 9.47 Å². The van der Waals surface area contributed by atoms with Crippen molar-refractivity contribution >= 4 is 27.6 Å². The first-order valence-corrected chi connectivity index (χ1v) is 9.63. The molecule has 28 heavy (non-hydrogen) atoms. The summed E-state index contributed by atoms with van der Waals surface area (Å²) in [4.78, 5) is 7.75. The quantitative estimate of drug-likeness (QED) is 0.700. The van der Waals surface area contributed by atoms with E-state index in [-0.39, 0.29) is 11.9 Å². The third-order valence-corrected chi connectivity index (χ3v) is 6.00. The van der Waals surface area contributed by atoms with Crippen molar-refractivity contribution in [1.82, 2.24) is 9.97 Å². The number of fused-ring (bicyclic) bond motifs is 3. The van der Waals surface area contributed by atoms with Crippen molar-refractivity contribution in [3.63, 3.8) is 0 Å². The van der Waals surface area contributed by atoms with Crippen LogP contribution in [0.15, 0.2) is 24.4 Å². The number of nitrogens with one attached hydrogen (secondary N) is 2. The van der Waals surface area contributed by atoms with Gasteiger partial charge < -0.3 is 19.8 Å². The van der Waals surface area contributed by atoms with Crippen LogP contribution >= 0.6 is 0 Å². The first-order chi connectivity index (χ1) is 13.6. The average molecular weight is 380 g/mol. The van der Waals surface area contributed by atoms with E-state index < -0.39 is 5.79 Å². The minimum Gasteiger partial charge on any atom is -0.366 e. The average Bonchev–Trinajstić information content (AvgIpc) is 3.29. The second-order valence-corrected chi connectivity index (χ2v) is 7.78. The number of nitrogens with zero attached hydrogens (tertiary/aromatic N) is 2. The van der Waals surface area contributed by atoms with Gasteiger partial charge in [-0.05, 0) is 30.5 Å². The molecule has 1 unspecified atom stereocenters. The molecule has 5 rings (SSSR count). The fourth-order valence-corrected chi connectivity index (χ4v) is 4.61. The fraction of sp³-hybridized carbons (Fsp3) is 0.429. The summed E-state index contributed by atoms with van der Waals surface area (Å²) >= 11 is 0. The number of hydrogen-bond donors (Lipinski definition) is 2. The van der Waals surface area contributed by atoms with Gasteiger partial charge in [0.05, 0.1) is 29.7 Å². The molecule has 1 aromatic carbocycles. The zero-order chi connectivity index (χ0) is 19.3. The van der Waals surface area contributed by atoms with Crippen LogP contribution in [0.25, 0.3) is 21.8 Å². The Balaban J connectivity index is 1.53. The van der Waals surface area contributed by atoms with Gasteiger partial charge in [0.25, 0.3) is 0 Å². The molecule has 3 heterocycles. The molecule has 1 aliphatic heterocycles. The van der Waals surface area contributed by atoms with Gasteiger partial charge in [0.2, 0.25) is 0 Å². The molecule has 2 aliphatic rings. The van der Waals surface area contributed by atoms with Crippen LogP contribution in [0.2, 0.25) is 0 Å². The summed E-state index contributed by atoms with van der Waals surface area (Å²) in [7, 11) is 0. The summed E-state index contributed by atoms with van der Waals surface area (Å²) in [5, 5.41) is 14.5. The van der Waals surface area contributed by atoms with Gasteiger partial charge in [-0.2, -0.15) is 5.26 Å². The molecule has 1 spiro atoms. The van der Waals surface area contributed by atoms with Crippen LogP contribution in [0.1, 0.15) is 31.7 Å². The third kappa shape index (κ3) is 2.72. The Hall–Kier alpha value is -2.69. The molecule has 2 fully saturated rings. The number of hydrogen-bond acceptors (Lipinski definition) is 5. The number of nitriles is 1. The monoisotopic (exact) mass is 380 g/mol. The van der Waals surface area contributed by atoms with Gasteiger partial charge in [0.15, 0.2) is 5.79 Å². The molecule has 0 radical (unpaired) electrons. The Kier molecular flexibility index (Phi) is 4.00. The predicted molar refractivity (Wildman–Crippen MR) is 103 cm³/mol. The standard InChI is InChI=1S/C21H21FN4O2/c1-12-9-21(27-6-7-28-21)5-4-16(12)26-20-18-15-8-14(22)2-3-17(15)25-19(18)13(10-23)11-24-20/h2-3,8,11-12,16,25H,4-7,9H2,1H3,(H,24,26)/t12-,16?/m1/s1. The van der Waals surface area contributed by atoms with Gasteiger partial charge in [0, 0.05) is 36.0 Å². The lowest BCUT2D eigenvalue weighted by Gasteiger charge is -2.40. The molecular weight excluding hydrogens is 359 g/mol. The van der Waals surface area contributed by atoms with Crippen LogP contribution in [0.3, 0.4) is 0 Å². The van der Waals surface area contributed by atoms with E-state index in [2.05, 4.69) is 28.3 Å². The van der Waals surface area contributed by atoms with Crippen molar-refractivity contribution < 1.29 is 13.9 Å². The first kappa shape index (κ1) is 17.4. The van der Waals surface area contributed by atoms with Gasteiger partial charge in [-0.25, -0.2) is 9.37 Å². The molecule has 1 saturated heterocycles. The smallest absolute Gasteiger partial charge is 0.168 e. The van der Waals surface area contributed by atoms with Gasteiger partial charge in [-0.3, -0.25) is 0 Å². The number of anilines is 1. The Bertz CT molecular complexity index is 1100. The molecule has 0 bridgehead atoms. The van der Waals surface area contributed by atoms with Crippen molar-refractivity contribution in [3.8, 4) is 6.07 Å². The number of benzene rings is 1. The molecule has 6 nitrogen and oxygen atoms in total. The second kappa shape index (κ2) is 6.43. The number of aromatic nitrogens is 2. The number of H-pyrrole nitrogens is 1. The molecular formula is C21H21FN4O2. The zero-order valence-electron chi connectivity index (χ0n) is 15.6. The number of rotatable bonds is 2. The summed E-state index contributed by atoms with van der Waals surface area (Å²) in [6, 6.07) is 6.96. The van der Waals surface area contributed by atoms with Crippen molar-refractivity contribution in [2.24, 2.45) is 5.92 Å². The summed E-state index contributed by atoms with van der Waals surface area (Å²) < 4.78 is 25.6. The van der Waals surface area contributed by atoms with Crippen LogP contribution in [0.5, 0.6) is 0 Å². The van der Waals surface area contributed by atoms with Crippen molar-refractivity contribution in [2.75, 3.05) is 18.5 Å². The zero-order valence-corrected chi connectivity index (χ0v) is 15.6. The number of halogens is 1. The molecule has 2 aromatic heterocycles. The van der Waals surface area contributed by atoms with Crippen LogP contribution < -0.4 is 5.32 Å². The summed E-state index contributed by atoms with van der Waals surface area (Å²) in [5.74, 6) is 0.243. The highest BCUT2D eigenvalue weighted by Crippen LogP contribution is 2.41. The molecule has 144 valence electrons. The lowest BCUT2D eigenvalue weighted by Crippen LogP contribution is -2.44. The van der Waals surface area contributed by atoms with E-state index in [1.54, 1.807) is 12.3 Å². The molecule has 2 atom stereocenters. The molecule has 2 N–H and O–H groups in total. The Labute approximate surface area is 161 Å². The van der Waals surface area contributed by atoms with Gasteiger partial charge in [-0.1, -0.05) is 6.92 Å². The molecule has 1 saturated carbocycles. The number of ether oxygens (including phenoxy) is 2. The lowest BCUT2D eigenvalue weighted by atomic mass is 9.81. The van der Waals surface area contributed by atoms with Crippen molar-refractivity contribution in [3.05, 3.63) is 35.8 Å². The molecule has 0 amide bonds. The second-order valence-electron chi connectivity index (χ2n) is 7.78. The van der Waals surface area contributed by atoms with Crippen LogP contribution in [-0.4, -0.2) is 35.0 Å². The van der Waals surface area contributed by atoms with E-state index in [0.717, 1.165) is 35.6 Å². The number of pyridine rings is 1. The van der Waals surface area contributed by atoms with Crippen LogP contribution in [0.4, 0.5) is 10.2 Å². The molecule has 1 aliphatic carbocycles. The minimum atomic E-state index is -0.436. The Morgan fingerprint density at radius 2 is 2.18 bits per heavy atom. The summed E-state index contributed by atoms with van der Waals surface area (Å²) in [6.45, 7) is 3.49. The number of aromatic amines is 1. The van der Waals surface area contributed by atoms with Gasteiger partial charge >= 0.3 is 0 Å². The van der Waals surface area contributed by atoms with E-state index in [0.29, 0.717) is 36.0 Å². The normalized spacial score (nSPS) is 24.0. The highest BCUT2D eigenvalue weighted by Gasteiger charge is 2.43. The maximum absolute atomic E-state index is 13.9. The Morgan fingerprint density at radius 1 is 1.36 bits per heavy atom. The largest absolute Gasteiger partial charge is 0.366 e. The van der Waals surface area contributed by atoms with E-state index in [9.17, 15) is 9.65 Å². The Morgan fingerprint density at radius 3 is 2.93 bits per heavy atom. The summed E-state index contributed by atoms with van der Waals surface area (Å²) in [5.41, 5.74) is 1.91. The van der Waals surface area contributed by atoms with E-state index in [1.807, 2.05) is 0 Å². The molecule has 7 heteroatoms. The lowest BCUT2D eigenvalue weighted by molar-refractivity contribution is -0.186. The maximum Gasteiger partial charge on any atom is 0.168 e. The SMILES string of the molecule is C[C@@H]1CC2(CCC1Nc1ncc(C#N)c3[nH]c4ccc(F)cc4c13)OCCO2. The van der Waals surface area contributed by atoms with Crippen molar-refractivity contribution in [1.29, 1.82) is 5.26 Å². The van der Waals surface area contributed by atoms with Crippen molar-refractivity contribution in [2.45, 2.75) is 38.0 Å². The first-order valence-electron chi connectivity index (χ1n) is 9.63. The van der Waals surface area contributed by atoms with Gasteiger partial charge in [-0.15, -0.1) is 0 Å². The van der Waals surface area contributed by atoms with E-state index in [1.165, 1.54) is 12.1 Å². The minimum absolute atomic E-state index is 0.195. The topological polar surface area (TPSA) is 83.0 Å². The highest BCUT2D eigenvalue weighted by atomic mass is 19.1. The molecule has 3 aromatic rings. The van der Waals surface area contributed by atoms with Crippen LogP contribution in [-0.2, 0) is 9.47 Å². The maximum atomic E-state index is 13.9.